The lowest BCUT2D eigenvalue weighted by Gasteiger charge is -2.57. The Kier molecular flexibility index (Phi) is 4.88. The predicted octanol–water partition coefficient (Wildman–Crippen LogP) is 2.88. The van der Waals surface area contributed by atoms with Crippen LogP contribution in [0.2, 0.25) is 0 Å². The Morgan fingerprint density at radius 3 is 2.84 bits per heavy atom. The zero-order valence-electron chi connectivity index (χ0n) is 15.3. The maximum Gasteiger partial charge on any atom is 0.241 e. The van der Waals surface area contributed by atoms with E-state index in [1.165, 1.54) is 4.70 Å². The minimum absolute atomic E-state index is 0.0181. The third-order valence-corrected chi connectivity index (χ3v) is 6.49. The molecule has 3 rings (SSSR count). The molecule has 1 amide bonds. The lowest BCUT2D eigenvalue weighted by Crippen LogP contribution is -2.76. The fraction of sp³-hybridized carbons (Fsp3) is 0.579. The average Bonchev–Trinajstić information content (AvgIpc) is 2.96. The third-order valence-electron chi connectivity index (χ3n) is 5.43. The van der Waals surface area contributed by atoms with Crippen LogP contribution in [-0.4, -0.2) is 35.2 Å². The van der Waals surface area contributed by atoms with Crippen molar-refractivity contribution in [3.63, 3.8) is 0 Å². The Bertz CT molecular complexity index is 740. The van der Waals surface area contributed by atoms with E-state index in [1.807, 2.05) is 45.9 Å². The summed E-state index contributed by atoms with van der Waals surface area (Å²) in [5, 5.41) is 4.11. The van der Waals surface area contributed by atoms with E-state index in [1.54, 1.807) is 11.3 Å². The summed E-state index contributed by atoms with van der Waals surface area (Å²) < 4.78 is 6.88. The SMILES string of the molecule is CCOC1CC(N)(C(=O)NC(C)Cc2nc3ccccc3s2)C1(C)C. The summed E-state index contributed by atoms with van der Waals surface area (Å²) in [4.78, 5) is 17.4. The Hall–Kier alpha value is -1.50. The van der Waals surface area contributed by atoms with E-state index in [0.717, 1.165) is 10.5 Å². The molecule has 0 spiro atoms. The summed E-state index contributed by atoms with van der Waals surface area (Å²) in [6, 6.07) is 8.07. The Balaban J connectivity index is 1.62. The minimum atomic E-state index is -0.880. The second-order valence-electron chi connectivity index (χ2n) is 7.50. The number of amides is 1. The van der Waals surface area contributed by atoms with Crippen LogP contribution in [0.5, 0.6) is 0 Å². The van der Waals surface area contributed by atoms with Crippen LogP contribution in [-0.2, 0) is 16.0 Å². The number of carbonyl (C=O) groups is 1. The molecule has 1 fully saturated rings. The van der Waals surface area contributed by atoms with Gasteiger partial charge in [-0.15, -0.1) is 11.3 Å². The van der Waals surface area contributed by atoms with E-state index in [9.17, 15) is 4.79 Å². The highest BCUT2D eigenvalue weighted by atomic mass is 32.1. The first kappa shape index (κ1) is 18.3. The van der Waals surface area contributed by atoms with Gasteiger partial charge < -0.3 is 15.8 Å². The quantitative estimate of drug-likeness (QED) is 0.829. The molecule has 3 N–H and O–H groups in total. The summed E-state index contributed by atoms with van der Waals surface area (Å²) in [6.07, 6.45) is 1.30. The number of fused-ring (bicyclic) bond motifs is 1. The lowest BCUT2D eigenvalue weighted by molar-refractivity contribution is -0.171. The van der Waals surface area contributed by atoms with Crippen molar-refractivity contribution in [1.82, 2.24) is 10.3 Å². The Morgan fingerprint density at radius 1 is 1.48 bits per heavy atom. The van der Waals surface area contributed by atoms with Gasteiger partial charge in [0.25, 0.3) is 0 Å². The lowest BCUT2D eigenvalue weighted by atomic mass is 9.54. The normalized spacial score (nSPS) is 26.2. The second-order valence-corrected chi connectivity index (χ2v) is 8.61. The van der Waals surface area contributed by atoms with Gasteiger partial charge in [0.15, 0.2) is 0 Å². The fourth-order valence-corrected chi connectivity index (χ4v) is 4.59. The van der Waals surface area contributed by atoms with Crippen molar-refractivity contribution < 1.29 is 9.53 Å². The van der Waals surface area contributed by atoms with Crippen molar-refractivity contribution in [3.05, 3.63) is 29.3 Å². The van der Waals surface area contributed by atoms with E-state index in [0.29, 0.717) is 19.4 Å². The van der Waals surface area contributed by atoms with E-state index >= 15 is 0 Å². The van der Waals surface area contributed by atoms with Crippen molar-refractivity contribution in [2.45, 2.75) is 58.2 Å². The van der Waals surface area contributed by atoms with Crippen LogP contribution >= 0.6 is 11.3 Å². The highest BCUT2D eigenvalue weighted by Crippen LogP contribution is 2.49. The Labute approximate surface area is 153 Å². The molecule has 3 atom stereocenters. The molecule has 1 aliphatic rings. The maximum absolute atomic E-state index is 12.8. The van der Waals surface area contributed by atoms with Crippen LogP contribution in [0.25, 0.3) is 10.2 Å². The summed E-state index contributed by atoms with van der Waals surface area (Å²) in [7, 11) is 0. The average molecular weight is 362 g/mol. The number of nitrogens with zero attached hydrogens (tertiary/aromatic N) is 1. The first-order valence-corrected chi connectivity index (χ1v) is 9.65. The van der Waals surface area contributed by atoms with Gasteiger partial charge in [-0.1, -0.05) is 26.0 Å². The number of nitrogens with two attached hydrogens (primary N) is 1. The number of carbonyl (C=O) groups excluding carboxylic acids is 1. The number of para-hydroxylation sites is 1. The molecular formula is C19H27N3O2S. The van der Waals surface area contributed by atoms with E-state index in [-0.39, 0.29) is 23.5 Å². The van der Waals surface area contributed by atoms with Gasteiger partial charge in [0.05, 0.1) is 21.3 Å². The molecule has 3 unspecified atom stereocenters. The number of hydrogen-bond donors (Lipinski definition) is 2. The summed E-state index contributed by atoms with van der Waals surface area (Å²) in [5.74, 6) is -0.0953. The molecule has 1 saturated carbocycles. The molecule has 5 nitrogen and oxygen atoms in total. The first-order valence-electron chi connectivity index (χ1n) is 8.84. The van der Waals surface area contributed by atoms with Crippen LogP contribution in [0.3, 0.4) is 0 Å². The predicted molar refractivity (Wildman–Crippen MR) is 102 cm³/mol. The number of rotatable bonds is 6. The molecule has 1 aromatic heterocycles. The monoisotopic (exact) mass is 361 g/mol. The van der Waals surface area contributed by atoms with Gasteiger partial charge in [-0.25, -0.2) is 4.98 Å². The molecule has 1 aromatic carbocycles. The third kappa shape index (κ3) is 3.18. The number of nitrogens with one attached hydrogen (secondary N) is 1. The van der Waals surface area contributed by atoms with Gasteiger partial charge >= 0.3 is 0 Å². The number of hydrogen-bond acceptors (Lipinski definition) is 5. The van der Waals surface area contributed by atoms with Crippen LogP contribution in [0.1, 0.15) is 39.1 Å². The van der Waals surface area contributed by atoms with Gasteiger partial charge in [0.2, 0.25) is 5.91 Å². The van der Waals surface area contributed by atoms with Crippen molar-refractivity contribution in [2.24, 2.45) is 11.1 Å². The van der Waals surface area contributed by atoms with Crippen molar-refractivity contribution >= 4 is 27.5 Å². The van der Waals surface area contributed by atoms with Gasteiger partial charge in [-0.3, -0.25) is 4.79 Å². The van der Waals surface area contributed by atoms with E-state index < -0.39 is 5.54 Å². The van der Waals surface area contributed by atoms with Crippen molar-refractivity contribution in [1.29, 1.82) is 0 Å². The molecule has 136 valence electrons. The smallest absolute Gasteiger partial charge is 0.241 e. The fourth-order valence-electron chi connectivity index (χ4n) is 3.49. The highest BCUT2D eigenvalue weighted by molar-refractivity contribution is 7.18. The van der Waals surface area contributed by atoms with E-state index in [4.69, 9.17) is 10.5 Å². The van der Waals surface area contributed by atoms with Gasteiger partial charge in [-0.05, 0) is 26.0 Å². The number of benzene rings is 1. The summed E-state index contributed by atoms with van der Waals surface area (Å²) >= 11 is 1.67. The minimum Gasteiger partial charge on any atom is -0.378 e. The van der Waals surface area contributed by atoms with Crippen LogP contribution in [0.4, 0.5) is 0 Å². The molecule has 1 heterocycles. The zero-order chi connectivity index (χ0) is 18.2. The van der Waals surface area contributed by atoms with Gasteiger partial charge in [0.1, 0.15) is 5.54 Å². The first-order chi connectivity index (χ1) is 11.8. The van der Waals surface area contributed by atoms with Crippen LogP contribution in [0, 0.1) is 5.41 Å². The van der Waals surface area contributed by atoms with Crippen LogP contribution in [0.15, 0.2) is 24.3 Å². The second kappa shape index (κ2) is 6.67. The van der Waals surface area contributed by atoms with Gasteiger partial charge in [-0.2, -0.15) is 0 Å². The molecule has 0 radical (unpaired) electrons. The Morgan fingerprint density at radius 2 is 2.20 bits per heavy atom. The summed E-state index contributed by atoms with van der Waals surface area (Å²) in [6.45, 7) is 8.62. The van der Waals surface area contributed by atoms with Crippen molar-refractivity contribution in [3.8, 4) is 0 Å². The molecular weight excluding hydrogens is 334 g/mol. The van der Waals surface area contributed by atoms with Gasteiger partial charge in [0, 0.05) is 30.9 Å². The summed E-state index contributed by atoms with van der Waals surface area (Å²) in [5.41, 5.74) is 6.20. The largest absolute Gasteiger partial charge is 0.378 e. The standard InChI is InChI=1S/C19H27N3O2S/c1-5-24-15-11-19(20,18(15,3)4)17(23)21-12(2)10-16-22-13-8-6-7-9-14(13)25-16/h6-9,12,15H,5,10-11,20H2,1-4H3,(H,21,23). The number of thiazole rings is 1. The number of aromatic nitrogens is 1. The topological polar surface area (TPSA) is 77.2 Å². The molecule has 0 aliphatic heterocycles. The van der Waals surface area contributed by atoms with E-state index in [2.05, 4.69) is 16.4 Å². The van der Waals surface area contributed by atoms with Crippen molar-refractivity contribution in [2.75, 3.05) is 6.61 Å². The van der Waals surface area contributed by atoms with Crippen LogP contribution < -0.4 is 11.1 Å². The zero-order valence-corrected chi connectivity index (χ0v) is 16.2. The molecule has 6 heteroatoms. The highest BCUT2D eigenvalue weighted by Gasteiger charge is 2.62. The molecule has 25 heavy (non-hydrogen) atoms. The number of ether oxygens (including phenoxy) is 1. The molecule has 0 saturated heterocycles. The molecule has 1 aliphatic carbocycles. The maximum atomic E-state index is 12.8. The molecule has 0 bridgehead atoms. The molecule has 2 aromatic rings.